The molecule has 0 bridgehead atoms. The molecule has 0 spiro atoms. The fourth-order valence-electron chi connectivity index (χ4n) is 1.78. The Labute approximate surface area is 146 Å². The Kier molecular flexibility index (Phi) is 6.93. The van der Waals surface area contributed by atoms with Crippen molar-refractivity contribution in [2.24, 2.45) is 0 Å². The number of benzene rings is 2. The van der Waals surface area contributed by atoms with Crippen molar-refractivity contribution in [3.63, 3.8) is 0 Å². The number of anilines is 1. The second-order valence-corrected chi connectivity index (χ2v) is 8.32. The van der Waals surface area contributed by atoms with Crippen molar-refractivity contribution in [2.75, 3.05) is 5.32 Å². The van der Waals surface area contributed by atoms with Crippen molar-refractivity contribution in [2.45, 2.75) is 13.8 Å². The molecule has 0 aliphatic carbocycles. The van der Waals surface area contributed by atoms with Gasteiger partial charge < -0.3 is 0 Å². The van der Waals surface area contributed by atoms with E-state index in [1.165, 1.54) is 19.1 Å². The number of carbonyl (C=O) groups is 1. The zero-order valence-corrected chi connectivity index (χ0v) is 15.3. The first-order valence-electron chi connectivity index (χ1n) is 6.88. The summed E-state index contributed by atoms with van der Waals surface area (Å²) in [7, 11) is 0. The van der Waals surface area contributed by atoms with Gasteiger partial charge >= 0.3 is 88.1 Å². The van der Waals surface area contributed by atoms with Crippen LogP contribution >= 0.6 is 0 Å². The maximum atomic E-state index is 11.0. The number of aryl methyl sites for hydroxylation is 1. The number of rotatable bonds is 3. The van der Waals surface area contributed by atoms with Crippen LogP contribution in [0.2, 0.25) is 0 Å². The average Bonchev–Trinajstić information content (AvgIpc) is 2.48. The van der Waals surface area contributed by atoms with Gasteiger partial charge in [-0.2, -0.15) is 0 Å². The van der Waals surface area contributed by atoms with Crippen molar-refractivity contribution < 1.29 is 26.8 Å². The van der Waals surface area contributed by atoms with Crippen molar-refractivity contribution in [1.29, 1.82) is 0 Å². The van der Waals surface area contributed by atoms with Crippen LogP contribution in [0.3, 0.4) is 0 Å². The summed E-state index contributed by atoms with van der Waals surface area (Å²) < 4.78 is 28.4. The molecule has 0 atom stereocenters. The minimum absolute atomic E-state index is 0.153. The van der Waals surface area contributed by atoms with Crippen LogP contribution in [-0.2, 0) is 8.53 Å². The van der Waals surface area contributed by atoms with E-state index in [2.05, 4.69) is 5.32 Å². The Morgan fingerprint density at radius 2 is 1.84 bits per heavy atom. The van der Waals surface area contributed by atoms with Gasteiger partial charge in [0.15, 0.2) is 0 Å². The summed E-state index contributed by atoms with van der Waals surface area (Å²) in [5.74, 6) is -0.832. The first-order valence-corrected chi connectivity index (χ1v) is 10.3. The predicted octanol–water partition coefficient (Wildman–Crippen LogP) is 0.815. The van der Waals surface area contributed by atoms with E-state index in [0.29, 0.717) is 0 Å². The summed E-state index contributed by atoms with van der Waals surface area (Å²) in [5.41, 5.74) is 1.30. The molecular weight excluding hydrogens is 395 g/mol. The van der Waals surface area contributed by atoms with Gasteiger partial charge in [0.2, 0.25) is 0 Å². The van der Waals surface area contributed by atoms with Gasteiger partial charge in [0.1, 0.15) is 0 Å². The van der Waals surface area contributed by atoms with Crippen molar-refractivity contribution in [3.05, 3.63) is 58.1 Å². The number of amides is 1. The molecular formula is C15H17AsN2O7. The summed E-state index contributed by atoms with van der Waals surface area (Å²) in [6.07, 6.45) is 0. The normalized spacial score (nSPS) is 10.4. The molecule has 0 unspecified atom stereocenters. The molecule has 0 aliphatic rings. The fourth-order valence-corrected chi connectivity index (χ4v) is 3.21. The van der Waals surface area contributed by atoms with Crippen molar-refractivity contribution in [3.8, 4) is 5.75 Å². The summed E-state index contributed by atoms with van der Waals surface area (Å²) >= 11 is -5.15. The zero-order valence-electron chi connectivity index (χ0n) is 13.4. The molecule has 0 heterocycles. The Balaban J connectivity index is 0.000000271. The van der Waals surface area contributed by atoms with Crippen molar-refractivity contribution >= 4 is 35.8 Å². The average molecular weight is 412 g/mol. The topological polar surface area (TPSA) is 150 Å². The van der Waals surface area contributed by atoms with E-state index in [4.69, 9.17) is 8.19 Å². The first kappa shape index (κ1) is 20.4. The van der Waals surface area contributed by atoms with E-state index in [-0.39, 0.29) is 17.3 Å². The summed E-state index contributed by atoms with van der Waals surface area (Å²) in [6, 6.07) is 10.1. The molecule has 1 amide bonds. The third-order valence-electron chi connectivity index (χ3n) is 2.82. The van der Waals surface area contributed by atoms with Crippen LogP contribution in [0.25, 0.3) is 0 Å². The number of hydrogen-bond donors (Lipinski definition) is 4. The number of nitrogens with one attached hydrogen (secondary N) is 1. The smallest absolute Gasteiger partial charge is 0.258 e. The van der Waals surface area contributed by atoms with Gasteiger partial charge in [0.25, 0.3) is 5.69 Å². The monoisotopic (exact) mass is 412 g/mol. The predicted molar refractivity (Wildman–Crippen MR) is 90.8 cm³/mol. The maximum absolute atomic E-state index is 11.0. The molecule has 2 aromatic rings. The number of nitro benzene ring substituents is 1. The van der Waals surface area contributed by atoms with E-state index >= 15 is 0 Å². The Morgan fingerprint density at radius 3 is 2.28 bits per heavy atom. The summed E-state index contributed by atoms with van der Waals surface area (Å²) in [4.78, 5) is 20.5. The molecule has 134 valence electrons. The standard InChI is InChI=1S/C8H10AsNO5.C7H7NO2/c1-5(11)10-6-2-3-8(12)7(4-6)9(13,14)15;1-6-3-2-4-7(5-6)8(9)10/h2-4,12H,1H3,(H,10,11)(H2,13,14,15);2-5H,1H3. The van der Waals surface area contributed by atoms with E-state index in [1.54, 1.807) is 12.1 Å². The molecule has 25 heavy (non-hydrogen) atoms. The number of hydrogen-bond acceptors (Lipinski definition) is 5. The van der Waals surface area contributed by atoms with E-state index < -0.39 is 29.2 Å². The second-order valence-electron chi connectivity index (χ2n) is 5.02. The van der Waals surface area contributed by atoms with Crippen LogP contribution in [0, 0.1) is 17.0 Å². The molecule has 0 aliphatic heterocycles. The third kappa shape index (κ3) is 6.80. The van der Waals surface area contributed by atoms with Crippen LogP contribution in [-0.4, -0.2) is 38.3 Å². The largest absolute Gasteiger partial charge is 0.269 e. The second kappa shape index (κ2) is 8.48. The van der Waals surface area contributed by atoms with E-state index in [1.807, 2.05) is 13.0 Å². The SMILES string of the molecule is CC(=O)Nc1ccc(O)c([As](=O)(O)O)c1.Cc1cccc([N+](=O)[O-])c1. The third-order valence-corrected chi connectivity index (χ3v) is 4.89. The zero-order chi connectivity index (χ0) is 19.2. The molecule has 10 heteroatoms. The molecule has 2 aromatic carbocycles. The van der Waals surface area contributed by atoms with Gasteiger partial charge in [-0.15, -0.1) is 0 Å². The number of phenols is 1. The van der Waals surface area contributed by atoms with Gasteiger partial charge in [-0.25, -0.2) is 0 Å². The maximum Gasteiger partial charge on any atom is 0.269 e. The number of carbonyl (C=O) groups excluding carboxylic acids is 1. The molecule has 4 N–H and O–H groups in total. The number of phenolic OH excluding ortho intramolecular Hbond substituents is 1. The molecule has 0 radical (unpaired) electrons. The van der Waals surface area contributed by atoms with E-state index in [9.17, 15) is 23.8 Å². The van der Waals surface area contributed by atoms with Gasteiger partial charge in [0, 0.05) is 12.1 Å². The van der Waals surface area contributed by atoms with Gasteiger partial charge in [-0.05, 0) is 12.5 Å². The number of nitro groups is 1. The van der Waals surface area contributed by atoms with Crippen LogP contribution < -0.4 is 9.67 Å². The molecule has 2 rings (SSSR count). The molecule has 0 saturated heterocycles. The summed E-state index contributed by atoms with van der Waals surface area (Å²) in [6.45, 7) is 3.10. The molecule has 0 aromatic heterocycles. The molecule has 0 fully saturated rings. The van der Waals surface area contributed by atoms with Crippen molar-refractivity contribution in [1.82, 2.24) is 0 Å². The summed E-state index contributed by atoms with van der Waals surface area (Å²) in [5, 5.41) is 21.7. The van der Waals surface area contributed by atoms with Gasteiger partial charge in [-0.1, -0.05) is 12.1 Å². The van der Waals surface area contributed by atoms with Gasteiger partial charge in [-0.3, -0.25) is 10.1 Å². The minimum Gasteiger partial charge on any atom is -0.258 e. The Bertz CT molecular complexity index is 832. The van der Waals surface area contributed by atoms with Crippen LogP contribution in [0.1, 0.15) is 12.5 Å². The minimum atomic E-state index is -5.15. The van der Waals surface area contributed by atoms with Crippen LogP contribution in [0.15, 0.2) is 42.5 Å². The number of non-ortho nitro benzene ring substituents is 1. The molecule has 0 saturated carbocycles. The van der Waals surface area contributed by atoms with Crippen LogP contribution in [0.5, 0.6) is 5.75 Å². The van der Waals surface area contributed by atoms with Gasteiger partial charge in [0.05, 0.1) is 4.92 Å². The Hall–Kier alpha value is -2.61. The number of aromatic hydroxyl groups is 1. The Morgan fingerprint density at radius 1 is 1.20 bits per heavy atom. The van der Waals surface area contributed by atoms with E-state index in [0.717, 1.165) is 17.7 Å². The van der Waals surface area contributed by atoms with Crippen LogP contribution in [0.4, 0.5) is 11.4 Å². The number of nitrogens with zero attached hydrogens (tertiary/aromatic N) is 1. The first-order chi connectivity index (χ1) is 11.5. The fraction of sp³-hybridized carbons (Fsp3) is 0.133. The molecule has 9 nitrogen and oxygen atoms in total. The quantitative estimate of drug-likeness (QED) is 0.252.